The number of amides is 1. The lowest BCUT2D eigenvalue weighted by atomic mass is 9.94. The van der Waals surface area contributed by atoms with Gasteiger partial charge in [0.2, 0.25) is 5.91 Å². The van der Waals surface area contributed by atoms with Crippen LogP contribution in [0.5, 0.6) is 0 Å². The number of nitrogens with two attached hydrogens (primary N) is 1. The zero-order valence-corrected chi connectivity index (χ0v) is 12.8. The number of nitrogen functional groups attached to an aromatic ring is 1. The molecule has 4 heteroatoms. The predicted molar refractivity (Wildman–Crippen MR) is 84.9 cm³/mol. The standard InChI is InChI=1S/C16H22N2OS/c1-2-14-11-18(9-10-20-14)15(19)16(7-8-16)12-3-5-13(17)6-4-12/h3-6,14H,2,7-11,17H2,1H3. The number of hydrogen-bond acceptors (Lipinski definition) is 3. The van der Waals surface area contributed by atoms with Gasteiger partial charge in [0.15, 0.2) is 0 Å². The van der Waals surface area contributed by atoms with Crippen molar-refractivity contribution in [3.63, 3.8) is 0 Å². The Morgan fingerprint density at radius 3 is 2.70 bits per heavy atom. The molecule has 0 bridgehead atoms. The summed E-state index contributed by atoms with van der Waals surface area (Å²) in [6, 6.07) is 7.86. The summed E-state index contributed by atoms with van der Waals surface area (Å²) < 4.78 is 0. The average Bonchev–Trinajstić information content (AvgIpc) is 3.29. The summed E-state index contributed by atoms with van der Waals surface area (Å²) in [6.07, 6.45) is 3.11. The van der Waals surface area contributed by atoms with Crippen LogP contribution in [0.15, 0.2) is 24.3 Å². The van der Waals surface area contributed by atoms with Crippen molar-refractivity contribution in [3.05, 3.63) is 29.8 Å². The van der Waals surface area contributed by atoms with Gasteiger partial charge in [-0.05, 0) is 37.0 Å². The first-order valence-corrected chi connectivity index (χ1v) is 8.47. The highest BCUT2D eigenvalue weighted by molar-refractivity contribution is 8.00. The third kappa shape index (κ3) is 2.41. The van der Waals surface area contributed by atoms with Gasteiger partial charge in [-0.2, -0.15) is 11.8 Å². The van der Waals surface area contributed by atoms with Crippen molar-refractivity contribution in [3.8, 4) is 0 Å². The summed E-state index contributed by atoms with van der Waals surface area (Å²) in [6.45, 7) is 4.02. The van der Waals surface area contributed by atoms with Crippen LogP contribution in [0.2, 0.25) is 0 Å². The molecule has 2 aliphatic rings. The lowest BCUT2D eigenvalue weighted by Crippen LogP contribution is -2.46. The van der Waals surface area contributed by atoms with Crippen LogP contribution in [-0.2, 0) is 10.2 Å². The maximum atomic E-state index is 12.9. The van der Waals surface area contributed by atoms with Gasteiger partial charge in [-0.15, -0.1) is 0 Å². The third-order valence-corrected chi connectivity index (χ3v) is 5.88. The van der Waals surface area contributed by atoms with Crippen molar-refractivity contribution in [2.24, 2.45) is 0 Å². The Bertz CT molecular complexity index is 496. The summed E-state index contributed by atoms with van der Waals surface area (Å²) in [5, 5.41) is 0.606. The van der Waals surface area contributed by atoms with Crippen LogP contribution >= 0.6 is 11.8 Å². The topological polar surface area (TPSA) is 46.3 Å². The minimum absolute atomic E-state index is 0.242. The highest BCUT2D eigenvalue weighted by Gasteiger charge is 2.53. The fourth-order valence-corrected chi connectivity index (χ4v) is 4.19. The van der Waals surface area contributed by atoms with E-state index in [1.807, 2.05) is 36.0 Å². The van der Waals surface area contributed by atoms with E-state index >= 15 is 0 Å². The predicted octanol–water partition coefficient (Wildman–Crippen LogP) is 2.65. The number of anilines is 1. The highest BCUT2D eigenvalue weighted by Crippen LogP contribution is 2.50. The molecule has 2 fully saturated rings. The van der Waals surface area contributed by atoms with Gasteiger partial charge < -0.3 is 10.6 Å². The number of benzene rings is 1. The molecule has 1 aliphatic heterocycles. The molecular formula is C16H22N2OS. The molecule has 3 rings (SSSR count). The zero-order chi connectivity index (χ0) is 14.2. The molecule has 0 aromatic heterocycles. The van der Waals surface area contributed by atoms with Gasteiger partial charge in [-0.25, -0.2) is 0 Å². The number of carbonyl (C=O) groups is 1. The molecule has 1 saturated carbocycles. The second-order valence-corrected chi connectivity index (χ2v) is 7.26. The van der Waals surface area contributed by atoms with Crippen LogP contribution in [0.3, 0.4) is 0 Å². The number of rotatable bonds is 3. The van der Waals surface area contributed by atoms with Crippen LogP contribution in [0.1, 0.15) is 31.7 Å². The number of hydrogen-bond donors (Lipinski definition) is 1. The third-order valence-electron chi connectivity index (χ3n) is 4.50. The van der Waals surface area contributed by atoms with Gasteiger partial charge in [0.05, 0.1) is 5.41 Å². The molecule has 2 N–H and O–H groups in total. The Morgan fingerprint density at radius 2 is 2.10 bits per heavy atom. The van der Waals surface area contributed by atoms with Crippen molar-refractivity contribution in [1.82, 2.24) is 4.90 Å². The summed E-state index contributed by atoms with van der Waals surface area (Å²) in [7, 11) is 0. The van der Waals surface area contributed by atoms with E-state index in [4.69, 9.17) is 5.73 Å². The Morgan fingerprint density at radius 1 is 1.40 bits per heavy atom. The molecule has 0 spiro atoms. The Kier molecular flexibility index (Phi) is 3.67. The van der Waals surface area contributed by atoms with E-state index in [0.717, 1.165) is 49.4 Å². The van der Waals surface area contributed by atoms with Gasteiger partial charge in [-0.3, -0.25) is 4.79 Å². The van der Waals surface area contributed by atoms with E-state index < -0.39 is 0 Å². The van der Waals surface area contributed by atoms with E-state index in [1.54, 1.807) is 0 Å². The Balaban J connectivity index is 1.77. The quantitative estimate of drug-likeness (QED) is 0.871. The smallest absolute Gasteiger partial charge is 0.233 e. The van der Waals surface area contributed by atoms with Crippen LogP contribution in [0.25, 0.3) is 0 Å². The monoisotopic (exact) mass is 290 g/mol. The Hall–Kier alpha value is -1.16. The Labute approximate surface area is 124 Å². The largest absolute Gasteiger partial charge is 0.399 e. The first kappa shape index (κ1) is 13.8. The molecule has 1 aromatic rings. The van der Waals surface area contributed by atoms with E-state index in [0.29, 0.717) is 11.2 Å². The fraction of sp³-hybridized carbons (Fsp3) is 0.562. The molecule has 20 heavy (non-hydrogen) atoms. The van der Waals surface area contributed by atoms with Gasteiger partial charge in [0.1, 0.15) is 0 Å². The van der Waals surface area contributed by atoms with Crippen molar-refractivity contribution >= 4 is 23.4 Å². The van der Waals surface area contributed by atoms with Crippen molar-refractivity contribution < 1.29 is 4.79 Å². The van der Waals surface area contributed by atoms with Crippen LogP contribution in [0.4, 0.5) is 5.69 Å². The second kappa shape index (κ2) is 5.32. The number of nitrogens with zero attached hydrogens (tertiary/aromatic N) is 1. The molecule has 1 unspecified atom stereocenters. The van der Waals surface area contributed by atoms with Gasteiger partial charge in [0.25, 0.3) is 0 Å². The first-order chi connectivity index (χ1) is 9.65. The first-order valence-electron chi connectivity index (χ1n) is 7.43. The highest BCUT2D eigenvalue weighted by atomic mass is 32.2. The molecule has 108 valence electrons. The summed E-state index contributed by atoms with van der Waals surface area (Å²) in [5.41, 5.74) is 7.41. The molecule has 0 radical (unpaired) electrons. The summed E-state index contributed by atoms with van der Waals surface area (Å²) in [4.78, 5) is 15.0. The maximum Gasteiger partial charge on any atom is 0.233 e. The average molecular weight is 290 g/mol. The molecule has 1 saturated heterocycles. The van der Waals surface area contributed by atoms with Gasteiger partial charge in [0, 0.05) is 29.8 Å². The molecule has 1 aromatic carbocycles. The minimum Gasteiger partial charge on any atom is -0.399 e. The number of carbonyl (C=O) groups excluding carboxylic acids is 1. The van der Waals surface area contributed by atoms with E-state index in [2.05, 4.69) is 11.8 Å². The molecule has 1 heterocycles. The van der Waals surface area contributed by atoms with Crippen molar-refractivity contribution in [2.75, 3.05) is 24.6 Å². The number of thioether (sulfide) groups is 1. The van der Waals surface area contributed by atoms with Crippen molar-refractivity contribution in [1.29, 1.82) is 0 Å². The maximum absolute atomic E-state index is 12.9. The lowest BCUT2D eigenvalue weighted by molar-refractivity contribution is -0.133. The molecule has 1 amide bonds. The molecule has 1 aliphatic carbocycles. The lowest BCUT2D eigenvalue weighted by Gasteiger charge is -2.34. The fourth-order valence-electron chi connectivity index (χ4n) is 3.01. The van der Waals surface area contributed by atoms with E-state index in [9.17, 15) is 4.79 Å². The molecule has 3 nitrogen and oxygen atoms in total. The van der Waals surface area contributed by atoms with Crippen molar-refractivity contribution in [2.45, 2.75) is 36.9 Å². The SMILES string of the molecule is CCC1CN(C(=O)C2(c3ccc(N)cc3)CC2)CCS1. The minimum atomic E-state index is -0.242. The second-order valence-electron chi connectivity index (χ2n) is 5.86. The summed E-state index contributed by atoms with van der Waals surface area (Å²) in [5.74, 6) is 1.41. The zero-order valence-electron chi connectivity index (χ0n) is 12.0. The molecule has 1 atom stereocenters. The van der Waals surface area contributed by atoms with E-state index in [1.165, 1.54) is 0 Å². The normalized spacial score (nSPS) is 24.4. The van der Waals surface area contributed by atoms with E-state index in [-0.39, 0.29) is 5.41 Å². The van der Waals surface area contributed by atoms with Crippen LogP contribution < -0.4 is 5.73 Å². The van der Waals surface area contributed by atoms with Crippen LogP contribution in [-0.4, -0.2) is 34.9 Å². The molecular weight excluding hydrogens is 268 g/mol. The summed E-state index contributed by atoms with van der Waals surface area (Å²) >= 11 is 2.00. The van der Waals surface area contributed by atoms with Crippen LogP contribution in [0, 0.1) is 0 Å². The van der Waals surface area contributed by atoms with Gasteiger partial charge in [-0.1, -0.05) is 19.1 Å². The van der Waals surface area contributed by atoms with Gasteiger partial charge >= 0.3 is 0 Å².